The van der Waals surface area contributed by atoms with E-state index in [0.29, 0.717) is 0 Å². The Balaban J connectivity index is 0.000000181. The first-order valence-electron chi connectivity index (χ1n) is 14.3. The van der Waals surface area contributed by atoms with Gasteiger partial charge in [0.25, 0.3) is 6.10 Å². The zero-order chi connectivity index (χ0) is 31.8. The zero-order valence-corrected chi connectivity index (χ0v) is 25.2. The van der Waals surface area contributed by atoms with Crippen LogP contribution in [0.25, 0.3) is 0 Å². The molecule has 1 atom stereocenters. The molecule has 0 radical (unpaired) electrons. The van der Waals surface area contributed by atoms with E-state index in [4.69, 9.17) is 4.55 Å². The number of benzene rings is 3. The van der Waals surface area contributed by atoms with Gasteiger partial charge in [-0.25, -0.2) is 0 Å². The highest BCUT2D eigenvalue weighted by molar-refractivity contribution is 7.86. The van der Waals surface area contributed by atoms with Crippen molar-refractivity contribution in [2.75, 3.05) is 0 Å². The Kier molecular flexibility index (Phi) is 9.23. The molecule has 12 heteroatoms. The van der Waals surface area contributed by atoms with Gasteiger partial charge in [-0.2, -0.15) is 30.4 Å². The minimum atomic E-state index is -6.42. The average Bonchev–Trinajstić information content (AvgIpc) is 2.96. The number of alkyl halides is 5. The third kappa shape index (κ3) is 6.85. The number of ether oxygens (including phenoxy) is 1. The Labute approximate surface area is 254 Å². The predicted octanol–water partition coefficient (Wildman–Crippen LogP) is 6.60. The highest BCUT2D eigenvalue weighted by Crippen LogP contribution is 2.60. The van der Waals surface area contributed by atoms with E-state index in [1.54, 1.807) is 0 Å². The molecule has 0 amide bonds. The molecule has 44 heavy (non-hydrogen) atoms. The van der Waals surface area contributed by atoms with Gasteiger partial charge in [-0.15, -0.1) is 0 Å². The Morgan fingerprint density at radius 3 is 1.36 bits per heavy atom. The van der Waals surface area contributed by atoms with Gasteiger partial charge in [0.1, 0.15) is 0 Å². The molecule has 4 bridgehead atoms. The fraction of sp³-hybridized carbons (Fsp3) is 0.406. The molecule has 0 saturated heterocycles. The van der Waals surface area contributed by atoms with Crippen molar-refractivity contribution >= 4 is 39.9 Å². The van der Waals surface area contributed by atoms with Gasteiger partial charge in [0.2, 0.25) is 0 Å². The maximum Gasteiger partial charge on any atom is 0.432 e. The molecule has 4 aliphatic rings. The van der Waals surface area contributed by atoms with Crippen molar-refractivity contribution < 1.29 is 44.5 Å². The van der Waals surface area contributed by atoms with Gasteiger partial charge in [0.15, 0.2) is 0 Å². The van der Waals surface area contributed by atoms with E-state index in [9.17, 15) is 35.2 Å². The lowest BCUT2D eigenvalue weighted by atomic mass is 9.49. The SMILES string of the molecule is O=C(OC(C(F)(F)F)C(F)(F)S(=O)(=O)O)C12CC3CC(CC(C3)C1)C2.c1ccc(P(c2ccccc2)c2ccccc2)cc1. The highest BCUT2D eigenvalue weighted by Gasteiger charge is 2.67. The quantitative estimate of drug-likeness (QED) is 0.134. The number of esters is 1. The second-order valence-electron chi connectivity index (χ2n) is 11.9. The molecule has 1 unspecified atom stereocenters. The molecule has 7 rings (SSSR count). The van der Waals surface area contributed by atoms with Crippen molar-refractivity contribution in [1.29, 1.82) is 0 Å². The number of carbonyl (C=O) groups excluding carboxylic acids is 1. The van der Waals surface area contributed by atoms with Gasteiger partial charge in [0.05, 0.1) is 5.41 Å². The number of hydrogen-bond donors (Lipinski definition) is 1. The summed E-state index contributed by atoms with van der Waals surface area (Å²) >= 11 is 0. The van der Waals surface area contributed by atoms with Crippen LogP contribution in [0.5, 0.6) is 0 Å². The first-order valence-corrected chi connectivity index (χ1v) is 17.1. The van der Waals surface area contributed by atoms with E-state index < -0.39 is 47.0 Å². The second-order valence-corrected chi connectivity index (χ2v) is 15.6. The summed E-state index contributed by atoms with van der Waals surface area (Å²) in [4.78, 5) is 12.4. The van der Waals surface area contributed by atoms with Crippen LogP contribution < -0.4 is 15.9 Å². The Morgan fingerprint density at radius 1 is 0.727 bits per heavy atom. The number of hydrogen-bond acceptors (Lipinski definition) is 4. The molecule has 0 spiro atoms. The standard InChI is InChI=1S/C18H15P.C14H17F5O5S/c1-4-10-16(11-5-1)19(17-12-6-2-7-13-17)18-14-8-3-9-15-18;15-13(16,17)10(14(18,19)25(21,22)23)24-11(20)12-4-7-1-8(5-12)3-9(2-7)6-12/h1-15H;7-10H,1-6H2,(H,21,22,23). The average molecular weight is 655 g/mol. The zero-order valence-electron chi connectivity index (χ0n) is 23.5. The summed E-state index contributed by atoms with van der Waals surface area (Å²) < 4.78 is 99.9. The van der Waals surface area contributed by atoms with Crippen molar-refractivity contribution in [2.24, 2.45) is 23.2 Å². The van der Waals surface area contributed by atoms with Crippen LogP contribution in [0.15, 0.2) is 91.0 Å². The van der Waals surface area contributed by atoms with E-state index in [2.05, 4.69) is 95.7 Å². The van der Waals surface area contributed by atoms with Gasteiger partial charge >= 0.3 is 27.5 Å². The topological polar surface area (TPSA) is 80.7 Å². The van der Waals surface area contributed by atoms with Crippen molar-refractivity contribution in [3.63, 3.8) is 0 Å². The lowest BCUT2D eigenvalue weighted by Gasteiger charge is -2.55. The van der Waals surface area contributed by atoms with Gasteiger partial charge in [-0.1, -0.05) is 91.0 Å². The van der Waals surface area contributed by atoms with Gasteiger partial charge in [-0.3, -0.25) is 9.35 Å². The second kappa shape index (κ2) is 12.5. The van der Waals surface area contributed by atoms with Crippen molar-refractivity contribution in [3.8, 4) is 0 Å². The predicted molar refractivity (Wildman–Crippen MR) is 158 cm³/mol. The maximum atomic E-state index is 13.6. The molecule has 4 aliphatic carbocycles. The molecule has 0 aromatic heterocycles. The minimum Gasteiger partial charge on any atom is -0.444 e. The minimum absolute atomic E-state index is 0.144. The highest BCUT2D eigenvalue weighted by atomic mass is 32.2. The van der Waals surface area contributed by atoms with Crippen LogP contribution >= 0.6 is 7.92 Å². The van der Waals surface area contributed by atoms with E-state index in [0.717, 1.165) is 19.3 Å². The van der Waals surface area contributed by atoms with Crippen LogP contribution in [0.1, 0.15) is 38.5 Å². The molecule has 0 aliphatic heterocycles. The normalized spacial score (nSPS) is 25.2. The lowest BCUT2D eigenvalue weighted by molar-refractivity contribution is -0.266. The third-order valence-electron chi connectivity index (χ3n) is 8.69. The largest absolute Gasteiger partial charge is 0.444 e. The van der Waals surface area contributed by atoms with Crippen LogP contribution in [0.3, 0.4) is 0 Å². The van der Waals surface area contributed by atoms with E-state index in [-0.39, 0.29) is 37.0 Å². The van der Waals surface area contributed by atoms with Crippen molar-refractivity contribution in [3.05, 3.63) is 91.0 Å². The Bertz CT molecular complexity index is 1410. The van der Waals surface area contributed by atoms with Crippen LogP contribution in [-0.4, -0.2) is 36.5 Å². The molecule has 3 aromatic carbocycles. The van der Waals surface area contributed by atoms with Crippen LogP contribution in [0.2, 0.25) is 0 Å². The molecule has 5 nitrogen and oxygen atoms in total. The fourth-order valence-electron chi connectivity index (χ4n) is 7.23. The Morgan fingerprint density at radius 2 is 1.07 bits per heavy atom. The third-order valence-corrected chi connectivity index (χ3v) is 12.0. The van der Waals surface area contributed by atoms with Gasteiger partial charge < -0.3 is 4.74 Å². The molecule has 4 fully saturated rings. The van der Waals surface area contributed by atoms with Crippen LogP contribution in [-0.2, 0) is 19.6 Å². The number of rotatable bonds is 7. The number of halogens is 5. The molecule has 236 valence electrons. The molecular formula is C32H32F5O5PS. The van der Waals surface area contributed by atoms with Crippen molar-refractivity contribution in [1.82, 2.24) is 0 Å². The molecular weight excluding hydrogens is 622 g/mol. The smallest absolute Gasteiger partial charge is 0.432 e. The first-order chi connectivity index (χ1) is 20.7. The van der Waals surface area contributed by atoms with E-state index in [1.165, 1.54) is 15.9 Å². The molecule has 0 heterocycles. The number of carbonyl (C=O) groups is 1. The monoisotopic (exact) mass is 654 g/mol. The molecule has 3 aromatic rings. The van der Waals surface area contributed by atoms with E-state index >= 15 is 0 Å². The summed E-state index contributed by atoms with van der Waals surface area (Å²) in [7, 11) is -6.86. The Hall–Kier alpha value is -2.88. The summed E-state index contributed by atoms with van der Waals surface area (Å²) in [5.41, 5.74) is -1.27. The van der Waals surface area contributed by atoms with Crippen LogP contribution in [0.4, 0.5) is 22.0 Å². The lowest BCUT2D eigenvalue weighted by Crippen LogP contribution is -2.56. The van der Waals surface area contributed by atoms with Crippen LogP contribution in [0, 0.1) is 23.2 Å². The molecule has 1 N–H and O–H groups in total. The summed E-state index contributed by atoms with van der Waals surface area (Å²) in [6, 6.07) is 32.3. The maximum absolute atomic E-state index is 13.6. The fourth-order valence-corrected chi connectivity index (χ4v) is 9.99. The van der Waals surface area contributed by atoms with Gasteiger partial charge in [-0.05, 0) is 80.1 Å². The van der Waals surface area contributed by atoms with Crippen molar-refractivity contribution in [2.45, 2.75) is 56.1 Å². The summed E-state index contributed by atoms with van der Waals surface area (Å²) in [5, 5.41) is -1.48. The van der Waals surface area contributed by atoms with E-state index in [1.807, 2.05) is 0 Å². The summed E-state index contributed by atoms with van der Waals surface area (Å²) in [5.74, 6) is -1.02. The first kappa shape index (κ1) is 32.5. The summed E-state index contributed by atoms with van der Waals surface area (Å²) in [6.07, 6.45) is -6.73. The van der Waals surface area contributed by atoms with Gasteiger partial charge in [0, 0.05) is 0 Å². The molecule has 4 saturated carbocycles. The summed E-state index contributed by atoms with van der Waals surface area (Å²) in [6.45, 7) is 0.